The van der Waals surface area contributed by atoms with E-state index in [9.17, 15) is 9.59 Å². The van der Waals surface area contributed by atoms with Crippen molar-refractivity contribution in [2.45, 2.75) is 6.42 Å². The van der Waals surface area contributed by atoms with Crippen molar-refractivity contribution in [2.24, 2.45) is 5.73 Å². The van der Waals surface area contributed by atoms with Gasteiger partial charge in [0.05, 0.1) is 0 Å². The molecule has 1 heterocycles. The number of rotatable bonds is 3. The maximum Gasteiger partial charge on any atom is 0.311 e. The zero-order valence-electron chi connectivity index (χ0n) is 6.88. The lowest BCUT2D eigenvalue weighted by atomic mass is 10.3. The third kappa shape index (κ3) is 1.94. The molecule has 0 saturated carbocycles. The van der Waals surface area contributed by atoms with E-state index in [0.717, 1.165) is 6.42 Å². The Balaban J connectivity index is 2.41. The highest BCUT2D eigenvalue weighted by molar-refractivity contribution is 6.35. The monoisotopic (exact) mass is 171 g/mol. The Morgan fingerprint density at radius 2 is 2.25 bits per heavy atom. The van der Waals surface area contributed by atoms with Crippen LogP contribution in [0.3, 0.4) is 0 Å². The number of hydrogen-bond acceptors (Lipinski definition) is 3. The molecule has 1 aliphatic heterocycles. The fourth-order valence-electron chi connectivity index (χ4n) is 1.12. The third-order valence-corrected chi connectivity index (χ3v) is 1.78. The van der Waals surface area contributed by atoms with Crippen LogP contribution in [0.25, 0.3) is 0 Å². The molecule has 0 aliphatic carbocycles. The summed E-state index contributed by atoms with van der Waals surface area (Å²) in [6.07, 6.45) is 0.749. The van der Waals surface area contributed by atoms with E-state index in [4.69, 9.17) is 5.73 Å². The van der Waals surface area contributed by atoms with Gasteiger partial charge in [-0.05, 0) is 13.0 Å². The molecule has 0 spiro atoms. The predicted molar refractivity (Wildman–Crippen MR) is 43.3 cm³/mol. The number of hydrogen-bond donors (Lipinski definition) is 2. The molecule has 1 fully saturated rings. The number of nitrogens with two attached hydrogens (primary N) is 1. The second-order valence-electron chi connectivity index (χ2n) is 2.69. The van der Waals surface area contributed by atoms with E-state index in [1.54, 1.807) is 0 Å². The van der Waals surface area contributed by atoms with Gasteiger partial charge >= 0.3 is 11.8 Å². The largest absolute Gasteiger partial charge is 0.346 e. The fraction of sp³-hybridized carbons (Fsp3) is 0.714. The normalized spacial score (nSPS) is 17.9. The molecule has 5 nitrogen and oxygen atoms in total. The van der Waals surface area contributed by atoms with Gasteiger partial charge in [0, 0.05) is 19.6 Å². The molecule has 3 N–H and O–H groups in total. The predicted octanol–water partition coefficient (Wildman–Crippen LogP) is -1.71. The van der Waals surface area contributed by atoms with Crippen molar-refractivity contribution >= 4 is 11.8 Å². The SMILES string of the molecule is NCCCN1CCNC(=O)C1=O. The zero-order valence-corrected chi connectivity index (χ0v) is 6.88. The van der Waals surface area contributed by atoms with Gasteiger partial charge in [0.15, 0.2) is 0 Å². The van der Waals surface area contributed by atoms with Crippen LogP contribution in [0.1, 0.15) is 6.42 Å². The molecular formula is C7H13N3O2. The summed E-state index contributed by atoms with van der Waals surface area (Å²) in [5.41, 5.74) is 5.29. The van der Waals surface area contributed by atoms with Crippen LogP contribution in [0.4, 0.5) is 0 Å². The minimum atomic E-state index is -0.502. The lowest BCUT2D eigenvalue weighted by molar-refractivity contribution is -0.148. The number of nitrogens with zero attached hydrogens (tertiary/aromatic N) is 1. The van der Waals surface area contributed by atoms with Crippen LogP contribution < -0.4 is 11.1 Å². The lowest BCUT2D eigenvalue weighted by Gasteiger charge is -2.25. The van der Waals surface area contributed by atoms with E-state index in [2.05, 4.69) is 5.32 Å². The Labute approximate surface area is 70.9 Å². The molecule has 0 radical (unpaired) electrons. The van der Waals surface area contributed by atoms with E-state index in [0.29, 0.717) is 26.2 Å². The summed E-state index contributed by atoms with van der Waals surface area (Å²) in [5.74, 6) is -0.937. The minimum Gasteiger partial charge on any atom is -0.346 e. The molecule has 0 unspecified atom stereocenters. The summed E-state index contributed by atoms with van der Waals surface area (Å²) in [6, 6.07) is 0. The average Bonchev–Trinajstić information content (AvgIpc) is 2.08. The Bertz CT molecular complexity index is 193. The van der Waals surface area contributed by atoms with Crippen LogP contribution >= 0.6 is 0 Å². The van der Waals surface area contributed by atoms with Crippen LogP contribution in [0.5, 0.6) is 0 Å². The lowest BCUT2D eigenvalue weighted by Crippen LogP contribution is -2.52. The summed E-state index contributed by atoms with van der Waals surface area (Å²) < 4.78 is 0. The summed E-state index contributed by atoms with van der Waals surface area (Å²) >= 11 is 0. The van der Waals surface area contributed by atoms with E-state index in [1.165, 1.54) is 4.90 Å². The van der Waals surface area contributed by atoms with Crippen molar-refractivity contribution in [3.63, 3.8) is 0 Å². The molecule has 0 aromatic heterocycles. The van der Waals surface area contributed by atoms with Gasteiger partial charge in [-0.1, -0.05) is 0 Å². The van der Waals surface area contributed by atoms with Crippen LogP contribution in [0.2, 0.25) is 0 Å². The van der Waals surface area contributed by atoms with Gasteiger partial charge in [-0.25, -0.2) is 0 Å². The molecule has 2 amide bonds. The standard InChI is InChI=1S/C7H13N3O2/c8-2-1-4-10-5-3-9-6(11)7(10)12/h1-5,8H2,(H,9,11). The molecule has 0 atom stereocenters. The number of piperazine rings is 1. The molecule has 68 valence electrons. The quantitative estimate of drug-likeness (QED) is 0.497. The van der Waals surface area contributed by atoms with Gasteiger partial charge in [-0.3, -0.25) is 9.59 Å². The molecule has 5 heteroatoms. The second kappa shape index (κ2) is 4.06. The highest BCUT2D eigenvalue weighted by Crippen LogP contribution is 1.96. The highest BCUT2D eigenvalue weighted by Gasteiger charge is 2.24. The molecular weight excluding hydrogens is 158 g/mol. The average molecular weight is 171 g/mol. The highest BCUT2D eigenvalue weighted by atomic mass is 16.2. The van der Waals surface area contributed by atoms with E-state index >= 15 is 0 Å². The van der Waals surface area contributed by atoms with Gasteiger partial charge in [-0.15, -0.1) is 0 Å². The Hall–Kier alpha value is -1.10. The molecule has 0 bridgehead atoms. The Kier molecular flexibility index (Phi) is 3.04. The van der Waals surface area contributed by atoms with Crippen molar-refractivity contribution in [1.29, 1.82) is 0 Å². The van der Waals surface area contributed by atoms with E-state index < -0.39 is 11.8 Å². The molecule has 12 heavy (non-hydrogen) atoms. The zero-order chi connectivity index (χ0) is 8.97. The Morgan fingerprint density at radius 3 is 2.92 bits per heavy atom. The molecule has 0 aromatic carbocycles. The van der Waals surface area contributed by atoms with Gasteiger partial charge in [0.2, 0.25) is 0 Å². The van der Waals surface area contributed by atoms with Crippen LogP contribution in [0.15, 0.2) is 0 Å². The van der Waals surface area contributed by atoms with Gasteiger partial charge in [0.1, 0.15) is 0 Å². The summed E-state index contributed by atoms with van der Waals surface area (Å²) in [4.78, 5) is 23.5. The second-order valence-corrected chi connectivity index (χ2v) is 2.69. The number of carbonyl (C=O) groups is 2. The number of nitrogens with one attached hydrogen (secondary N) is 1. The molecule has 1 rings (SSSR count). The van der Waals surface area contributed by atoms with Crippen molar-refractivity contribution < 1.29 is 9.59 Å². The van der Waals surface area contributed by atoms with Crippen molar-refractivity contribution in [3.8, 4) is 0 Å². The minimum absolute atomic E-state index is 0.435. The first kappa shape index (κ1) is 8.99. The summed E-state index contributed by atoms with van der Waals surface area (Å²) in [5, 5.41) is 2.48. The summed E-state index contributed by atoms with van der Waals surface area (Å²) in [7, 11) is 0. The van der Waals surface area contributed by atoms with Gasteiger partial charge in [-0.2, -0.15) is 0 Å². The molecule has 0 aromatic rings. The fourth-order valence-corrected chi connectivity index (χ4v) is 1.12. The van der Waals surface area contributed by atoms with Gasteiger partial charge in [0.25, 0.3) is 0 Å². The van der Waals surface area contributed by atoms with E-state index in [1.807, 2.05) is 0 Å². The molecule has 1 aliphatic rings. The topological polar surface area (TPSA) is 75.4 Å². The van der Waals surface area contributed by atoms with Crippen molar-refractivity contribution in [1.82, 2.24) is 10.2 Å². The van der Waals surface area contributed by atoms with Crippen LogP contribution in [0, 0.1) is 0 Å². The van der Waals surface area contributed by atoms with Crippen LogP contribution in [-0.2, 0) is 9.59 Å². The number of carbonyl (C=O) groups excluding carboxylic acids is 2. The van der Waals surface area contributed by atoms with Crippen molar-refractivity contribution in [2.75, 3.05) is 26.2 Å². The maximum absolute atomic E-state index is 11.1. The number of amides is 2. The maximum atomic E-state index is 11.1. The van der Waals surface area contributed by atoms with Crippen LogP contribution in [-0.4, -0.2) is 42.9 Å². The third-order valence-electron chi connectivity index (χ3n) is 1.78. The van der Waals surface area contributed by atoms with E-state index in [-0.39, 0.29) is 0 Å². The smallest absolute Gasteiger partial charge is 0.311 e. The summed E-state index contributed by atoms with van der Waals surface area (Å²) in [6.45, 7) is 2.29. The first-order valence-corrected chi connectivity index (χ1v) is 4.03. The van der Waals surface area contributed by atoms with Crippen molar-refractivity contribution in [3.05, 3.63) is 0 Å². The first-order valence-electron chi connectivity index (χ1n) is 4.03. The first-order chi connectivity index (χ1) is 5.75. The Morgan fingerprint density at radius 1 is 1.50 bits per heavy atom. The van der Waals surface area contributed by atoms with Gasteiger partial charge < -0.3 is 16.0 Å². The molecule has 1 saturated heterocycles.